The zero-order valence-electron chi connectivity index (χ0n) is 13.7. The summed E-state index contributed by atoms with van der Waals surface area (Å²) in [5.74, 6) is -0.386. The number of hydrogen-bond acceptors (Lipinski definition) is 2. The number of carbonyl (C=O) groups is 1. The van der Waals surface area contributed by atoms with E-state index in [0.29, 0.717) is 37.6 Å². The van der Waals surface area contributed by atoms with E-state index in [2.05, 4.69) is 20.9 Å². The number of nitrogens with zero attached hydrogens (tertiary/aromatic N) is 1. The zero-order chi connectivity index (χ0) is 17.2. The lowest BCUT2D eigenvalue weighted by Crippen LogP contribution is -2.42. The maximum absolute atomic E-state index is 13.5. The van der Waals surface area contributed by atoms with Crippen molar-refractivity contribution >= 4 is 11.9 Å². The fraction of sp³-hybridized carbons (Fsp3) is 0.500. The van der Waals surface area contributed by atoms with Crippen LogP contribution in [0.25, 0.3) is 0 Å². The minimum Gasteiger partial charge on any atom is -0.356 e. The lowest BCUT2D eigenvalue weighted by Gasteiger charge is -2.13. The van der Waals surface area contributed by atoms with Crippen LogP contribution in [0.2, 0.25) is 0 Å². The maximum atomic E-state index is 13.5. The van der Waals surface area contributed by atoms with Crippen LogP contribution in [0.5, 0.6) is 0 Å². The van der Waals surface area contributed by atoms with Crippen LogP contribution in [0.15, 0.2) is 23.2 Å². The van der Waals surface area contributed by atoms with Gasteiger partial charge < -0.3 is 16.0 Å². The van der Waals surface area contributed by atoms with Gasteiger partial charge >= 0.3 is 0 Å². The second-order valence-corrected chi connectivity index (χ2v) is 5.36. The summed E-state index contributed by atoms with van der Waals surface area (Å²) in [6.45, 7) is 5.07. The van der Waals surface area contributed by atoms with Gasteiger partial charge in [0.2, 0.25) is 5.91 Å². The number of nitrogens with one attached hydrogen (secondary N) is 3. The largest absolute Gasteiger partial charge is 0.356 e. The normalized spacial score (nSPS) is 11.5. The molecule has 0 radical (unpaired) electrons. The number of carbonyl (C=O) groups excluding carboxylic acids is 1. The lowest BCUT2D eigenvalue weighted by atomic mass is 10.1. The Labute approximate surface area is 135 Å². The van der Waals surface area contributed by atoms with Gasteiger partial charge in [-0.15, -0.1) is 0 Å². The third kappa shape index (κ3) is 7.08. The molecule has 0 saturated carbocycles. The Kier molecular flexibility index (Phi) is 8.01. The predicted octanol–water partition coefficient (Wildman–Crippen LogP) is 1.44. The van der Waals surface area contributed by atoms with E-state index in [1.165, 1.54) is 6.07 Å². The third-order valence-corrected chi connectivity index (χ3v) is 3.16. The minimum atomic E-state index is -0.454. The SMILES string of the molecule is CN=C(NCCNC(=O)C(C)C)NCCc1cc(F)ccc1F. The van der Waals surface area contributed by atoms with Crippen LogP contribution in [0.4, 0.5) is 8.78 Å². The standard InChI is InChI=1S/C16H24F2N4O/c1-11(2)15(23)20-8-9-22-16(19-3)21-7-6-12-10-13(17)4-5-14(12)18/h4-5,10-11H,6-9H2,1-3H3,(H,20,23)(H2,19,21,22). The quantitative estimate of drug-likeness (QED) is 0.404. The van der Waals surface area contributed by atoms with Crippen LogP contribution in [-0.4, -0.2) is 38.5 Å². The molecule has 0 unspecified atom stereocenters. The van der Waals surface area contributed by atoms with Gasteiger partial charge in [-0.1, -0.05) is 13.8 Å². The molecule has 0 fully saturated rings. The van der Waals surface area contributed by atoms with Crippen LogP contribution >= 0.6 is 0 Å². The Morgan fingerprint density at radius 2 is 1.78 bits per heavy atom. The number of benzene rings is 1. The molecule has 1 aromatic rings. The van der Waals surface area contributed by atoms with Gasteiger partial charge in [0.05, 0.1) is 0 Å². The van der Waals surface area contributed by atoms with Gasteiger partial charge in [0.15, 0.2) is 5.96 Å². The number of halogens is 2. The fourth-order valence-electron chi connectivity index (χ4n) is 1.84. The van der Waals surface area contributed by atoms with E-state index in [0.717, 1.165) is 12.1 Å². The molecule has 0 aliphatic carbocycles. The van der Waals surface area contributed by atoms with Crippen LogP contribution in [-0.2, 0) is 11.2 Å². The molecule has 1 rings (SSSR count). The van der Waals surface area contributed by atoms with E-state index in [-0.39, 0.29) is 11.8 Å². The molecule has 7 heteroatoms. The molecule has 0 spiro atoms. The molecule has 0 aliphatic heterocycles. The lowest BCUT2D eigenvalue weighted by molar-refractivity contribution is -0.123. The highest BCUT2D eigenvalue weighted by Gasteiger charge is 2.06. The molecule has 1 amide bonds. The van der Waals surface area contributed by atoms with Gasteiger partial charge in [-0.05, 0) is 30.2 Å². The van der Waals surface area contributed by atoms with E-state index in [4.69, 9.17) is 0 Å². The first-order valence-corrected chi connectivity index (χ1v) is 7.60. The Bertz CT molecular complexity index is 547. The Balaban J connectivity index is 2.29. The summed E-state index contributed by atoms with van der Waals surface area (Å²) in [5, 5.41) is 8.83. The fourth-order valence-corrected chi connectivity index (χ4v) is 1.84. The third-order valence-electron chi connectivity index (χ3n) is 3.16. The topological polar surface area (TPSA) is 65.5 Å². The summed E-state index contributed by atoms with van der Waals surface area (Å²) >= 11 is 0. The summed E-state index contributed by atoms with van der Waals surface area (Å²) < 4.78 is 26.6. The Morgan fingerprint density at radius 3 is 2.43 bits per heavy atom. The van der Waals surface area contributed by atoms with Crippen molar-refractivity contribution in [3.8, 4) is 0 Å². The van der Waals surface area contributed by atoms with Crippen LogP contribution < -0.4 is 16.0 Å². The number of aliphatic imine (C=N–C) groups is 1. The van der Waals surface area contributed by atoms with Gasteiger partial charge in [0.25, 0.3) is 0 Å². The molecule has 23 heavy (non-hydrogen) atoms. The highest BCUT2D eigenvalue weighted by molar-refractivity contribution is 5.80. The van der Waals surface area contributed by atoms with Gasteiger partial charge in [0.1, 0.15) is 11.6 Å². The molecule has 0 saturated heterocycles. The number of rotatable bonds is 7. The van der Waals surface area contributed by atoms with E-state index >= 15 is 0 Å². The summed E-state index contributed by atoms with van der Waals surface area (Å²) in [7, 11) is 1.62. The maximum Gasteiger partial charge on any atom is 0.222 e. The van der Waals surface area contributed by atoms with Crippen molar-refractivity contribution in [3.05, 3.63) is 35.4 Å². The molecule has 5 nitrogen and oxygen atoms in total. The molecular weight excluding hydrogens is 302 g/mol. The monoisotopic (exact) mass is 326 g/mol. The highest BCUT2D eigenvalue weighted by atomic mass is 19.1. The highest BCUT2D eigenvalue weighted by Crippen LogP contribution is 2.09. The number of hydrogen-bond donors (Lipinski definition) is 3. The van der Waals surface area contributed by atoms with E-state index < -0.39 is 11.6 Å². The van der Waals surface area contributed by atoms with Crippen molar-refractivity contribution in [3.63, 3.8) is 0 Å². The molecule has 0 aliphatic rings. The Hall–Kier alpha value is -2.18. The van der Waals surface area contributed by atoms with E-state index in [1.54, 1.807) is 7.05 Å². The first-order valence-electron chi connectivity index (χ1n) is 7.60. The average Bonchev–Trinajstić information content (AvgIpc) is 2.52. The second kappa shape index (κ2) is 9.76. The average molecular weight is 326 g/mol. The molecule has 1 aromatic carbocycles. The van der Waals surface area contributed by atoms with E-state index in [9.17, 15) is 13.6 Å². The number of amides is 1. The van der Waals surface area contributed by atoms with Crippen molar-refractivity contribution < 1.29 is 13.6 Å². The van der Waals surface area contributed by atoms with Gasteiger partial charge in [-0.2, -0.15) is 0 Å². The van der Waals surface area contributed by atoms with Gasteiger partial charge in [-0.3, -0.25) is 9.79 Å². The first kappa shape index (κ1) is 18.9. The molecular formula is C16H24F2N4O. The van der Waals surface area contributed by atoms with Gasteiger partial charge in [0, 0.05) is 32.6 Å². The van der Waals surface area contributed by atoms with Crippen molar-refractivity contribution in [2.24, 2.45) is 10.9 Å². The second-order valence-electron chi connectivity index (χ2n) is 5.36. The summed E-state index contributed by atoms with van der Waals surface area (Å²) in [6.07, 6.45) is 0.342. The molecule has 0 heterocycles. The van der Waals surface area contributed by atoms with Gasteiger partial charge in [-0.25, -0.2) is 8.78 Å². The molecule has 0 atom stereocenters. The summed E-state index contributed by atoms with van der Waals surface area (Å²) in [6, 6.07) is 3.40. The molecule has 0 bridgehead atoms. The minimum absolute atomic E-state index is 0.00340. The van der Waals surface area contributed by atoms with Crippen molar-refractivity contribution in [1.82, 2.24) is 16.0 Å². The zero-order valence-corrected chi connectivity index (χ0v) is 13.7. The van der Waals surface area contributed by atoms with E-state index in [1.807, 2.05) is 13.8 Å². The Morgan fingerprint density at radius 1 is 1.13 bits per heavy atom. The molecule has 0 aromatic heterocycles. The van der Waals surface area contributed by atoms with Crippen LogP contribution in [0.1, 0.15) is 19.4 Å². The number of guanidine groups is 1. The molecule has 3 N–H and O–H groups in total. The van der Waals surface area contributed by atoms with Crippen molar-refractivity contribution in [1.29, 1.82) is 0 Å². The summed E-state index contributed by atoms with van der Waals surface area (Å²) in [4.78, 5) is 15.4. The first-order chi connectivity index (χ1) is 10.9. The predicted molar refractivity (Wildman–Crippen MR) is 87.3 cm³/mol. The van der Waals surface area contributed by atoms with Crippen LogP contribution in [0.3, 0.4) is 0 Å². The van der Waals surface area contributed by atoms with Crippen molar-refractivity contribution in [2.45, 2.75) is 20.3 Å². The summed E-state index contributed by atoms with van der Waals surface area (Å²) in [5.41, 5.74) is 0.317. The van der Waals surface area contributed by atoms with Crippen LogP contribution in [0, 0.1) is 17.6 Å². The van der Waals surface area contributed by atoms with Crippen molar-refractivity contribution in [2.75, 3.05) is 26.7 Å². The molecule has 128 valence electrons. The smallest absolute Gasteiger partial charge is 0.222 e.